The minimum atomic E-state index is -0.785. The number of likely N-dealkylation sites (tertiary alicyclic amines) is 4. The highest BCUT2D eigenvalue weighted by molar-refractivity contribution is 6.09. The molecule has 36 heteroatoms. The fraction of sp³-hybridized carbons (Fsp3) is 0.677. The zero-order valence-corrected chi connectivity index (χ0v) is 86.1. The van der Waals surface area contributed by atoms with Gasteiger partial charge in [-0.3, -0.25) is 91.2 Å². The minimum absolute atomic E-state index is 0.0482. The lowest BCUT2D eigenvalue weighted by atomic mass is 9.80. The summed E-state index contributed by atoms with van der Waals surface area (Å²) in [5, 5.41) is 21.2. The average molecular weight is 1900 g/mol. The lowest BCUT2D eigenvalue weighted by molar-refractivity contribution is -0.193. The van der Waals surface area contributed by atoms with E-state index in [9.17, 15) is 67.1 Å². The number of amides is 9. The second kappa shape index (κ2) is 60.5. The van der Waals surface area contributed by atoms with Crippen molar-refractivity contribution >= 4 is 94.4 Å². The van der Waals surface area contributed by atoms with Gasteiger partial charge < -0.3 is 44.0 Å². The van der Waals surface area contributed by atoms with E-state index in [1.807, 2.05) is 119 Å². The topological polar surface area (TPSA) is 461 Å². The van der Waals surface area contributed by atoms with Crippen molar-refractivity contribution in [3.8, 4) is 11.5 Å². The van der Waals surface area contributed by atoms with Crippen molar-refractivity contribution in [2.75, 3.05) is 73.6 Å². The van der Waals surface area contributed by atoms with Crippen molar-refractivity contribution in [2.24, 2.45) is 58.9 Å². The van der Waals surface area contributed by atoms with Gasteiger partial charge in [0.25, 0.3) is 0 Å². The lowest BCUT2D eigenvalue weighted by Crippen LogP contribution is -2.47. The molecule has 756 valence electrons. The molecule has 2 aromatic heterocycles. The molecule has 0 spiro atoms. The van der Waals surface area contributed by atoms with E-state index < -0.39 is 30.1 Å². The van der Waals surface area contributed by atoms with E-state index in [1.165, 1.54) is 54.2 Å². The van der Waals surface area contributed by atoms with Crippen molar-refractivity contribution in [1.82, 2.24) is 60.2 Å². The molecule has 4 fully saturated rings. The molecule has 36 nitrogen and oxygen atoms in total. The Labute approximate surface area is 798 Å². The number of hydrogen-bond donors (Lipinski definition) is 2. The van der Waals surface area contributed by atoms with E-state index in [2.05, 4.69) is 86.6 Å². The fourth-order valence-corrected chi connectivity index (χ4v) is 14.2. The van der Waals surface area contributed by atoms with Crippen molar-refractivity contribution in [3.63, 3.8) is 0 Å². The number of aryl methyl sites for hydroxylation is 4. The summed E-state index contributed by atoms with van der Waals surface area (Å²) >= 11 is 0. The number of imide groups is 3. The molecule has 135 heavy (non-hydrogen) atoms. The fourth-order valence-electron chi connectivity index (χ4n) is 14.2. The first kappa shape index (κ1) is 124. The second-order valence-electron chi connectivity index (χ2n) is 40.3. The Morgan fingerprint density at radius 2 is 0.859 bits per heavy atom. The van der Waals surface area contributed by atoms with Crippen LogP contribution in [-0.2, 0) is 145 Å². The molecule has 0 saturated carbocycles. The second-order valence-corrected chi connectivity index (χ2v) is 40.3. The Hall–Kier alpha value is -10.9. The van der Waals surface area contributed by atoms with Gasteiger partial charge in [0.1, 0.15) is 54.1 Å². The zero-order chi connectivity index (χ0) is 104. The number of carbonyl (C=O) groups is 14. The molecule has 9 atom stereocenters. The Morgan fingerprint density at radius 1 is 0.474 bits per heavy atom. The number of hydrogen-bond acceptors (Lipinski definition) is 28. The number of benzene rings is 2. The maximum atomic E-state index is 12.9. The highest BCUT2D eigenvalue weighted by Crippen LogP contribution is 2.41. The van der Waals surface area contributed by atoms with Crippen LogP contribution in [0.4, 0.5) is 0 Å². The predicted molar refractivity (Wildman–Crippen MR) is 503 cm³/mol. The summed E-state index contributed by atoms with van der Waals surface area (Å²) in [4.78, 5) is 207. The van der Waals surface area contributed by atoms with Gasteiger partial charge >= 0.3 is 12.3 Å². The van der Waals surface area contributed by atoms with Gasteiger partial charge in [-0.2, -0.15) is 19.2 Å². The third-order valence-corrected chi connectivity index (χ3v) is 20.8. The lowest BCUT2D eigenvalue weighted by Gasteiger charge is -2.28. The molecule has 2 aromatic carbocycles. The van der Waals surface area contributed by atoms with Crippen molar-refractivity contribution < 1.29 is 115 Å². The minimum Gasteiger partial charge on any atom is -0.491 e. The van der Waals surface area contributed by atoms with Crippen LogP contribution in [0.5, 0.6) is 11.5 Å². The predicted octanol–water partition coefficient (Wildman–Crippen LogP) is 10.7. The van der Waals surface area contributed by atoms with Crippen LogP contribution in [0.15, 0.2) is 48.8 Å². The smallest absolute Gasteiger partial charge is 0.373 e. The van der Waals surface area contributed by atoms with Gasteiger partial charge in [0, 0.05) is 117 Å². The number of nitrogens with zero attached hydrogens (tertiary/aromatic N) is 10. The molecule has 8 rings (SSSR count). The number of rotatable bonds is 38. The zero-order valence-electron chi connectivity index (χ0n) is 86.1. The normalized spacial score (nSPS) is 17.2. The third kappa shape index (κ3) is 48.4. The molecule has 6 heterocycles. The summed E-state index contributed by atoms with van der Waals surface area (Å²) < 4.78 is 35.2. The maximum Gasteiger partial charge on any atom is 0.373 e. The molecule has 4 aliphatic heterocycles. The maximum absolute atomic E-state index is 12.9. The van der Waals surface area contributed by atoms with Gasteiger partial charge in [-0.05, 0) is 129 Å². The van der Waals surface area contributed by atoms with Gasteiger partial charge in [0.2, 0.25) is 53.2 Å². The first-order chi connectivity index (χ1) is 62.5. The summed E-state index contributed by atoms with van der Waals surface area (Å²) in [6.45, 7) is 55.8. The van der Waals surface area contributed by atoms with Crippen molar-refractivity contribution in [3.05, 3.63) is 82.4 Å². The largest absolute Gasteiger partial charge is 0.491 e. The molecule has 9 amide bonds. The highest BCUT2D eigenvalue weighted by Gasteiger charge is 2.54. The van der Waals surface area contributed by atoms with E-state index in [1.54, 1.807) is 63.9 Å². The van der Waals surface area contributed by atoms with E-state index in [0.717, 1.165) is 39.4 Å². The van der Waals surface area contributed by atoms with Crippen LogP contribution in [0.25, 0.3) is 0 Å². The van der Waals surface area contributed by atoms with Crippen LogP contribution in [0.3, 0.4) is 0 Å². The number of Topliss-reactive ketones (excluding diaryl/α,β-unsaturated/α-hetero) is 5. The monoisotopic (exact) mass is 1900 g/mol. The molecule has 0 aliphatic carbocycles. The summed E-state index contributed by atoms with van der Waals surface area (Å²) in [6, 6.07) is 8.64. The van der Waals surface area contributed by atoms with Crippen LogP contribution in [0, 0.1) is 58.7 Å². The van der Waals surface area contributed by atoms with E-state index >= 15 is 0 Å². The molecule has 0 radical (unpaired) electrons. The summed E-state index contributed by atoms with van der Waals surface area (Å²) in [5.41, 5.74) is 5.28. The summed E-state index contributed by atoms with van der Waals surface area (Å²) in [5.74, 6) is -1.81. The van der Waals surface area contributed by atoms with E-state index in [0.29, 0.717) is 127 Å². The molecule has 0 bridgehead atoms. The first-order valence-electron chi connectivity index (χ1n) is 45.8. The third-order valence-electron chi connectivity index (χ3n) is 20.8. The molecule has 4 saturated heterocycles. The van der Waals surface area contributed by atoms with Crippen LogP contribution in [0.1, 0.15) is 265 Å². The molecule has 4 aliphatic rings. The quantitative estimate of drug-likeness (QED) is 0.0311. The SMILES string of the molecule is CC(=O)CC(Cc1cn(C)nn1)N1C(=O)CC(C(C)(C)C)C1=O.CC(C)(C)C.CC(C)(C)C.CCC(=O)NC(CC(C)=O)Cc1cn(C)nn1.CCC(=O)NC(Cc1ccc(OCCOCCOC)c(C)c1)C(C)=O.CCC1CC(N2C(=O)CC(C(C)(C)C)C2=O)C(=O)N1CC(C)=O.COCCOCCOc1ccc(CC(C(C)=O)N2C(=O)CC(C(C)(C)C)C2=O)cc1C.O=C=O.O=C=O. The molecule has 9 unspecified atom stereocenters. The van der Waals surface area contributed by atoms with Crippen LogP contribution >= 0.6 is 0 Å². The Bertz CT molecular complexity index is 4530. The molecular formula is C99H156N12O24. The Kier molecular flexibility index (Phi) is 55.7. The number of nitrogens with one attached hydrogen (secondary N) is 2. The number of carbonyl (C=O) groups excluding carboxylic acids is 18. The van der Waals surface area contributed by atoms with Crippen molar-refractivity contribution in [2.45, 2.75) is 307 Å². The van der Waals surface area contributed by atoms with Gasteiger partial charge in [0.15, 0.2) is 11.6 Å². The van der Waals surface area contributed by atoms with Gasteiger partial charge in [-0.15, -0.1) is 10.2 Å². The molecular weight excluding hydrogens is 1740 g/mol. The van der Waals surface area contributed by atoms with Crippen LogP contribution < -0.4 is 20.1 Å². The Morgan fingerprint density at radius 3 is 1.21 bits per heavy atom. The van der Waals surface area contributed by atoms with Gasteiger partial charge in [0.05, 0.1) is 87.4 Å². The van der Waals surface area contributed by atoms with Crippen molar-refractivity contribution in [1.29, 1.82) is 0 Å². The summed E-state index contributed by atoms with van der Waals surface area (Å²) in [7, 11) is 6.79. The Balaban J connectivity index is 0.00000161. The number of ether oxygens (including phenoxy) is 6. The molecule has 4 aromatic rings. The first-order valence-corrected chi connectivity index (χ1v) is 45.8. The van der Waals surface area contributed by atoms with E-state index in [-0.39, 0.29) is 167 Å². The van der Waals surface area contributed by atoms with Gasteiger partial charge in [-0.1, -0.05) is 173 Å². The number of ketones is 5. The number of aromatic nitrogens is 6. The van der Waals surface area contributed by atoms with Gasteiger partial charge in [-0.25, -0.2) is 0 Å². The molecule has 2 N–H and O–H groups in total. The van der Waals surface area contributed by atoms with Crippen LogP contribution in [-0.4, -0.2) is 254 Å². The standard InChI is InChI=1S/C24H35NO6.C19H29NO5.C17H26N2O4.C16H24N4O3.C11H18N4O2.2C5H12.2CO2/c1-16-13-18(7-8-21(16)31-12-11-30-10-9-29-6)14-20(17(2)26)25-22(27)15-19(23(25)28)24(3,4)5;1-5-19(22)20-17(15(3)21)13-16-6-7-18(14(2)12-16)25-11-10-24-9-8-23-4;1-6-11-7-13(16(23)18(11)9-10(2)20)19-14(21)8-12(15(19)22)17(3,4)5;1-10(21)6-12(7-11-9-19(5)18-17-11)20-14(22)8-13(15(20)23)16(2,3)4;1-4-11(17)12-9(5-8(2)16)6-10-7-15(3)14-13-10;2*1-5(2,3)4;2*2-1-3/h7-8,13,19-20H,9-12,14-15H2,1-6H3;6-7,12,17H,5,8-11,13H2,1-4H3,(H,20,22);11-13H,6-9H2,1-5H3;9,12-13H,6-8H2,1-5H3;7,9H,4-6H2,1-3H3,(H,12,17);2*1-4H3;;. The summed E-state index contributed by atoms with van der Waals surface area (Å²) in [6.07, 6.45) is 8.56. The van der Waals surface area contributed by atoms with E-state index in [4.69, 9.17) is 47.6 Å². The number of methoxy groups -OCH3 is 2. The van der Waals surface area contributed by atoms with Crippen LogP contribution in [0.2, 0.25) is 0 Å². The highest BCUT2D eigenvalue weighted by atomic mass is 16.5. The average Bonchev–Trinajstić information content (AvgIpc) is 1.61.